The van der Waals surface area contributed by atoms with E-state index in [4.69, 9.17) is 0 Å². The van der Waals surface area contributed by atoms with Gasteiger partial charge in [-0.25, -0.2) is 8.78 Å². The van der Waals surface area contributed by atoms with Gasteiger partial charge in [-0.2, -0.15) is 0 Å². The van der Waals surface area contributed by atoms with Crippen LogP contribution in [0.4, 0.5) is 8.78 Å². The van der Waals surface area contributed by atoms with E-state index in [9.17, 15) is 8.78 Å². The summed E-state index contributed by atoms with van der Waals surface area (Å²) in [5.41, 5.74) is 1.33. The maximum Gasteiger partial charge on any atom is 0.163 e. The van der Waals surface area contributed by atoms with E-state index in [1.165, 1.54) is 6.07 Å². The van der Waals surface area contributed by atoms with Crippen LogP contribution in [0.25, 0.3) is 10.9 Å². The number of hydrogen-bond acceptors (Lipinski definition) is 0. The molecule has 19 heavy (non-hydrogen) atoms. The van der Waals surface area contributed by atoms with Crippen LogP contribution >= 0.6 is 15.9 Å². The summed E-state index contributed by atoms with van der Waals surface area (Å²) in [6, 6.07) is 12.0. The Kier molecular flexibility index (Phi) is 3.11. The fourth-order valence-corrected chi connectivity index (χ4v) is 2.67. The molecule has 96 valence electrons. The van der Waals surface area contributed by atoms with Gasteiger partial charge in [0.05, 0.1) is 6.54 Å². The smallest absolute Gasteiger partial charge is 0.163 e. The normalized spacial score (nSPS) is 11.1. The third-order valence-electron chi connectivity index (χ3n) is 3.13. The topological polar surface area (TPSA) is 4.93 Å². The molecule has 0 unspecified atom stereocenters. The van der Waals surface area contributed by atoms with Gasteiger partial charge in [0.1, 0.15) is 0 Å². The first-order valence-electron chi connectivity index (χ1n) is 5.83. The molecule has 0 amide bonds. The van der Waals surface area contributed by atoms with Crippen LogP contribution in [0.3, 0.4) is 0 Å². The molecular formula is C15H10BrF2N. The largest absolute Gasteiger partial charge is 0.343 e. The van der Waals surface area contributed by atoms with E-state index in [-0.39, 0.29) is 0 Å². The fraction of sp³-hybridized carbons (Fsp3) is 0.0667. The standard InChI is InChI=1S/C15H10BrF2N/c16-12-4-2-6-14-11(12)7-8-19(14)9-10-3-1-5-13(17)15(10)18/h1-8H,9H2. The van der Waals surface area contributed by atoms with Gasteiger partial charge >= 0.3 is 0 Å². The Morgan fingerprint density at radius 1 is 1.00 bits per heavy atom. The molecule has 3 rings (SSSR count). The van der Waals surface area contributed by atoms with Crippen molar-refractivity contribution in [3.05, 3.63) is 70.3 Å². The average Bonchev–Trinajstić information content (AvgIpc) is 2.80. The highest BCUT2D eigenvalue weighted by Gasteiger charge is 2.10. The van der Waals surface area contributed by atoms with Crippen LogP contribution in [0.1, 0.15) is 5.56 Å². The predicted molar refractivity (Wildman–Crippen MR) is 75.1 cm³/mol. The third-order valence-corrected chi connectivity index (χ3v) is 3.82. The lowest BCUT2D eigenvalue weighted by Gasteiger charge is -2.07. The summed E-state index contributed by atoms with van der Waals surface area (Å²) in [4.78, 5) is 0. The molecule has 0 saturated heterocycles. The van der Waals surface area contributed by atoms with Gasteiger partial charge in [0.25, 0.3) is 0 Å². The van der Waals surface area contributed by atoms with Crippen LogP contribution < -0.4 is 0 Å². The van der Waals surface area contributed by atoms with Crippen molar-refractivity contribution in [2.24, 2.45) is 0 Å². The van der Waals surface area contributed by atoms with Crippen molar-refractivity contribution in [2.45, 2.75) is 6.54 Å². The second-order valence-corrected chi connectivity index (χ2v) is 5.18. The van der Waals surface area contributed by atoms with Crippen molar-refractivity contribution in [2.75, 3.05) is 0 Å². The Morgan fingerprint density at radius 2 is 1.79 bits per heavy atom. The van der Waals surface area contributed by atoms with Gasteiger partial charge in [-0.3, -0.25) is 0 Å². The molecule has 0 bridgehead atoms. The molecule has 0 N–H and O–H groups in total. The van der Waals surface area contributed by atoms with E-state index in [1.54, 1.807) is 6.07 Å². The lowest BCUT2D eigenvalue weighted by Crippen LogP contribution is -2.02. The van der Waals surface area contributed by atoms with Crippen LogP contribution in [-0.4, -0.2) is 4.57 Å². The molecule has 1 heterocycles. The van der Waals surface area contributed by atoms with Gasteiger partial charge < -0.3 is 4.57 Å². The SMILES string of the molecule is Fc1cccc(Cn2ccc3c(Br)cccc32)c1F. The zero-order chi connectivity index (χ0) is 13.4. The Labute approximate surface area is 117 Å². The maximum atomic E-state index is 13.7. The molecule has 0 spiro atoms. The highest BCUT2D eigenvalue weighted by atomic mass is 79.9. The highest BCUT2D eigenvalue weighted by Crippen LogP contribution is 2.25. The van der Waals surface area contributed by atoms with Crippen molar-refractivity contribution >= 4 is 26.8 Å². The van der Waals surface area contributed by atoms with E-state index < -0.39 is 11.6 Å². The molecule has 1 aromatic heterocycles. The molecule has 0 aliphatic rings. The lowest BCUT2D eigenvalue weighted by atomic mass is 10.2. The van der Waals surface area contributed by atoms with E-state index in [0.29, 0.717) is 12.1 Å². The molecule has 1 nitrogen and oxygen atoms in total. The first-order valence-corrected chi connectivity index (χ1v) is 6.62. The van der Waals surface area contributed by atoms with Crippen LogP contribution in [0, 0.1) is 11.6 Å². The summed E-state index contributed by atoms with van der Waals surface area (Å²) in [6.07, 6.45) is 1.87. The van der Waals surface area contributed by atoms with E-state index >= 15 is 0 Å². The minimum atomic E-state index is -0.810. The van der Waals surface area contributed by atoms with Crippen molar-refractivity contribution in [1.29, 1.82) is 0 Å². The number of aromatic nitrogens is 1. The summed E-state index contributed by atoms with van der Waals surface area (Å²) < 4.78 is 29.8. The molecule has 2 aromatic carbocycles. The average molecular weight is 322 g/mol. The molecule has 0 aliphatic heterocycles. The molecule has 0 radical (unpaired) electrons. The molecular weight excluding hydrogens is 312 g/mol. The van der Waals surface area contributed by atoms with Crippen LogP contribution in [0.5, 0.6) is 0 Å². The van der Waals surface area contributed by atoms with Crippen LogP contribution in [0.15, 0.2) is 53.1 Å². The maximum absolute atomic E-state index is 13.7. The first kappa shape index (κ1) is 12.4. The van der Waals surface area contributed by atoms with Gasteiger partial charge in [-0.1, -0.05) is 34.1 Å². The molecule has 3 aromatic rings. The molecule has 4 heteroatoms. The minimum Gasteiger partial charge on any atom is -0.343 e. The molecule has 0 saturated carbocycles. The first-order chi connectivity index (χ1) is 9.16. The Bertz CT molecular complexity index is 749. The second-order valence-electron chi connectivity index (χ2n) is 4.33. The minimum absolute atomic E-state index is 0.309. The number of benzene rings is 2. The summed E-state index contributed by atoms with van der Waals surface area (Å²) in [5, 5.41) is 1.05. The number of halogens is 3. The van der Waals surface area contributed by atoms with Crippen molar-refractivity contribution in [3.63, 3.8) is 0 Å². The third kappa shape index (κ3) is 2.16. The van der Waals surface area contributed by atoms with E-state index in [2.05, 4.69) is 15.9 Å². The summed E-state index contributed by atoms with van der Waals surface area (Å²) >= 11 is 3.47. The predicted octanol–water partition coefficient (Wildman–Crippen LogP) is 4.73. The van der Waals surface area contributed by atoms with Gasteiger partial charge in [0.2, 0.25) is 0 Å². The Hall–Kier alpha value is -1.68. The van der Waals surface area contributed by atoms with Crippen LogP contribution in [0.2, 0.25) is 0 Å². The number of hydrogen-bond donors (Lipinski definition) is 0. The lowest BCUT2D eigenvalue weighted by molar-refractivity contribution is 0.496. The van der Waals surface area contributed by atoms with Crippen molar-refractivity contribution < 1.29 is 8.78 Å². The summed E-state index contributed by atoms with van der Waals surface area (Å²) in [6.45, 7) is 0.309. The van der Waals surface area contributed by atoms with Gasteiger partial charge in [-0.05, 0) is 24.3 Å². The van der Waals surface area contributed by atoms with E-state index in [1.807, 2.05) is 35.0 Å². The summed E-state index contributed by atoms with van der Waals surface area (Å²) in [5.74, 6) is -1.59. The second kappa shape index (κ2) is 4.78. The zero-order valence-electron chi connectivity index (χ0n) is 9.91. The zero-order valence-corrected chi connectivity index (χ0v) is 11.5. The fourth-order valence-electron chi connectivity index (χ4n) is 2.18. The number of rotatable bonds is 2. The number of fused-ring (bicyclic) bond motifs is 1. The van der Waals surface area contributed by atoms with Crippen molar-refractivity contribution in [3.8, 4) is 0 Å². The Morgan fingerprint density at radius 3 is 2.63 bits per heavy atom. The van der Waals surface area contributed by atoms with E-state index in [0.717, 1.165) is 21.4 Å². The Balaban J connectivity index is 2.07. The quantitative estimate of drug-likeness (QED) is 0.643. The van der Waals surface area contributed by atoms with Gasteiger partial charge in [0, 0.05) is 27.1 Å². The highest BCUT2D eigenvalue weighted by molar-refractivity contribution is 9.10. The molecule has 0 atom stereocenters. The number of nitrogens with zero attached hydrogens (tertiary/aromatic N) is 1. The van der Waals surface area contributed by atoms with Gasteiger partial charge in [0.15, 0.2) is 11.6 Å². The monoisotopic (exact) mass is 321 g/mol. The molecule has 0 fully saturated rings. The molecule has 0 aliphatic carbocycles. The van der Waals surface area contributed by atoms with Gasteiger partial charge in [-0.15, -0.1) is 0 Å². The summed E-state index contributed by atoms with van der Waals surface area (Å²) in [7, 11) is 0. The van der Waals surface area contributed by atoms with Crippen molar-refractivity contribution in [1.82, 2.24) is 4.57 Å². The van der Waals surface area contributed by atoms with Crippen LogP contribution in [-0.2, 0) is 6.54 Å².